The van der Waals surface area contributed by atoms with Crippen molar-refractivity contribution >= 4 is 11.8 Å². The van der Waals surface area contributed by atoms with Crippen molar-refractivity contribution < 1.29 is 0 Å². The highest BCUT2D eigenvalue weighted by atomic mass is 32.2. The van der Waals surface area contributed by atoms with Crippen LogP contribution < -0.4 is 11.3 Å². The van der Waals surface area contributed by atoms with E-state index in [1.807, 2.05) is 11.8 Å². The second-order valence-corrected chi connectivity index (χ2v) is 6.95. The third-order valence-electron chi connectivity index (χ3n) is 3.86. The fourth-order valence-corrected chi connectivity index (χ4v) is 3.58. The van der Waals surface area contributed by atoms with Crippen molar-refractivity contribution in [3.63, 3.8) is 0 Å². The van der Waals surface area contributed by atoms with Crippen LogP contribution in [0.15, 0.2) is 0 Å². The summed E-state index contributed by atoms with van der Waals surface area (Å²) in [6.45, 7) is 6.83. The van der Waals surface area contributed by atoms with Crippen LogP contribution in [0.3, 0.4) is 0 Å². The van der Waals surface area contributed by atoms with Gasteiger partial charge in [0.05, 0.1) is 0 Å². The van der Waals surface area contributed by atoms with Gasteiger partial charge in [-0.1, -0.05) is 40.0 Å². The van der Waals surface area contributed by atoms with Gasteiger partial charge in [-0.15, -0.1) is 0 Å². The molecule has 0 aromatic rings. The molecule has 0 spiro atoms. The second-order valence-electron chi connectivity index (χ2n) is 5.34. The number of hydrogen-bond acceptors (Lipinski definition) is 3. The normalized spacial score (nSPS) is 28.3. The maximum Gasteiger partial charge on any atom is 0.0329 e. The molecule has 1 rings (SSSR count). The van der Waals surface area contributed by atoms with Crippen molar-refractivity contribution in [2.24, 2.45) is 17.7 Å². The third-order valence-corrected chi connectivity index (χ3v) is 5.08. The first-order valence-corrected chi connectivity index (χ1v) is 7.80. The van der Waals surface area contributed by atoms with E-state index in [4.69, 9.17) is 5.84 Å². The Bertz CT molecular complexity index is 177. The standard InChI is InChI=1S/C13H28N2S/c1-4-11-5-7-12(8-6-11)13(15-14)9-16-10(2)3/h10-13,15H,4-9,14H2,1-3H3. The number of thioether (sulfide) groups is 1. The molecule has 96 valence electrons. The zero-order valence-corrected chi connectivity index (χ0v) is 11.9. The summed E-state index contributed by atoms with van der Waals surface area (Å²) in [7, 11) is 0. The molecule has 1 fully saturated rings. The summed E-state index contributed by atoms with van der Waals surface area (Å²) in [6.07, 6.45) is 6.91. The smallest absolute Gasteiger partial charge is 0.0329 e. The van der Waals surface area contributed by atoms with Crippen LogP contribution in [-0.2, 0) is 0 Å². The molecule has 0 bridgehead atoms. The van der Waals surface area contributed by atoms with Gasteiger partial charge in [0.25, 0.3) is 0 Å². The van der Waals surface area contributed by atoms with Gasteiger partial charge >= 0.3 is 0 Å². The highest BCUT2D eigenvalue weighted by Crippen LogP contribution is 2.33. The minimum Gasteiger partial charge on any atom is -0.271 e. The van der Waals surface area contributed by atoms with Gasteiger partial charge in [0.15, 0.2) is 0 Å². The van der Waals surface area contributed by atoms with Crippen LogP contribution in [0.2, 0.25) is 0 Å². The number of hydrogen-bond donors (Lipinski definition) is 2. The van der Waals surface area contributed by atoms with Crippen LogP contribution in [-0.4, -0.2) is 17.0 Å². The van der Waals surface area contributed by atoms with Gasteiger partial charge in [0, 0.05) is 11.8 Å². The van der Waals surface area contributed by atoms with Gasteiger partial charge in [-0.3, -0.25) is 11.3 Å². The van der Waals surface area contributed by atoms with Crippen LogP contribution in [0.25, 0.3) is 0 Å². The Kier molecular flexibility index (Phi) is 6.78. The molecule has 0 radical (unpaired) electrons. The van der Waals surface area contributed by atoms with E-state index < -0.39 is 0 Å². The molecule has 0 heterocycles. The average molecular weight is 244 g/mol. The fraction of sp³-hybridized carbons (Fsp3) is 1.00. The largest absolute Gasteiger partial charge is 0.271 e. The summed E-state index contributed by atoms with van der Waals surface area (Å²) >= 11 is 2.02. The number of nitrogens with two attached hydrogens (primary N) is 1. The molecule has 3 N–H and O–H groups in total. The molecule has 1 aliphatic rings. The zero-order chi connectivity index (χ0) is 12.0. The van der Waals surface area contributed by atoms with E-state index in [1.165, 1.54) is 32.1 Å². The monoisotopic (exact) mass is 244 g/mol. The molecule has 3 heteroatoms. The Morgan fingerprint density at radius 1 is 1.25 bits per heavy atom. The molecule has 16 heavy (non-hydrogen) atoms. The average Bonchev–Trinajstić information content (AvgIpc) is 2.30. The Balaban J connectivity index is 2.31. The Labute approximate surface area is 105 Å². The van der Waals surface area contributed by atoms with Crippen molar-refractivity contribution in [1.82, 2.24) is 5.43 Å². The van der Waals surface area contributed by atoms with Gasteiger partial charge in [0.1, 0.15) is 0 Å². The van der Waals surface area contributed by atoms with Gasteiger partial charge in [-0.05, 0) is 29.9 Å². The molecule has 0 aromatic heterocycles. The fourth-order valence-electron chi connectivity index (χ4n) is 2.62. The van der Waals surface area contributed by atoms with Crippen LogP contribution in [0.5, 0.6) is 0 Å². The van der Waals surface area contributed by atoms with Gasteiger partial charge in [-0.2, -0.15) is 11.8 Å². The minimum atomic E-state index is 0.519. The maximum absolute atomic E-state index is 5.69. The van der Waals surface area contributed by atoms with E-state index in [9.17, 15) is 0 Å². The number of nitrogens with one attached hydrogen (secondary N) is 1. The first kappa shape index (κ1) is 14.3. The van der Waals surface area contributed by atoms with E-state index in [1.54, 1.807) is 0 Å². The van der Waals surface area contributed by atoms with Crippen LogP contribution in [0.4, 0.5) is 0 Å². The number of rotatable bonds is 6. The molecule has 0 aliphatic heterocycles. The Morgan fingerprint density at radius 3 is 2.31 bits per heavy atom. The topological polar surface area (TPSA) is 38.0 Å². The molecule has 2 nitrogen and oxygen atoms in total. The lowest BCUT2D eigenvalue weighted by molar-refractivity contribution is 0.228. The van der Waals surface area contributed by atoms with Gasteiger partial charge < -0.3 is 0 Å². The van der Waals surface area contributed by atoms with Crippen molar-refractivity contribution in [1.29, 1.82) is 0 Å². The van der Waals surface area contributed by atoms with Crippen molar-refractivity contribution in [2.75, 3.05) is 5.75 Å². The maximum atomic E-state index is 5.69. The van der Waals surface area contributed by atoms with E-state index >= 15 is 0 Å². The lowest BCUT2D eigenvalue weighted by Crippen LogP contribution is -2.44. The molecule has 0 amide bonds. The van der Waals surface area contributed by atoms with Crippen LogP contribution in [0.1, 0.15) is 52.9 Å². The predicted molar refractivity (Wildman–Crippen MR) is 74.4 cm³/mol. The van der Waals surface area contributed by atoms with E-state index in [2.05, 4.69) is 26.2 Å². The molecule has 0 saturated heterocycles. The highest BCUT2D eigenvalue weighted by Gasteiger charge is 2.26. The molecular weight excluding hydrogens is 216 g/mol. The lowest BCUT2D eigenvalue weighted by Gasteiger charge is -2.33. The SMILES string of the molecule is CCC1CCC(C(CSC(C)C)NN)CC1. The quantitative estimate of drug-likeness (QED) is 0.557. The summed E-state index contributed by atoms with van der Waals surface area (Å²) in [5, 5.41) is 0.711. The first-order chi connectivity index (χ1) is 7.67. The Hall–Kier alpha value is 0.270. The van der Waals surface area contributed by atoms with Crippen molar-refractivity contribution in [2.45, 2.75) is 64.2 Å². The predicted octanol–water partition coefficient (Wildman–Crippen LogP) is 3.18. The van der Waals surface area contributed by atoms with Crippen LogP contribution in [0, 0.1) is 11.8 Å². The minimum absolute atomic E-state index is 0.519. The summed E-state index contributed by atoms with van der Waals surface area (Å²) in [5.74, 6) is 8.64. The molecule has 1 saturated carbocycles. The van der Waals surface area contributed by atoms with Gasteiger partial charge in [0.2, 0.25) is 0 Å². The van der Waals surface area contributed by atoms with E-state index in [0.29, 0.717) is 11.3 Å². The van der Waals surface area contributed by atoms with E-state index in [-0.39, 0.29) is 0 Å². The third kappa shape index (κ3) is 4.64. The molecule has 1 atom stereocenters. The van der Waals surface area contributed by atoms with Gasteiger partial charge in [-0.25, -0.2) is 0 Å². The number of hydrazine groups is 1. The summed E-state index contributed by atoms with van der Waals surface area (Å²) in [6, 6.07) is 0.519. The van der Waals surface area contributed by atoms with Crippen LogP contribution >= 0.6 is 11.8 Å². The van der Waals surface area contributed by atoms with Crippen molar-refractivity contribution in [3.05, 3.63) is 0 Å². The van der Waals surface area contributed by atoms with E-state index in [0.717, 1.165) is 17.6 Å². The highest BCUT2D eigenvalue weighted by molar-refractivity contribution is 7.99. The summed E-state index contributed by atoms with van der Waals surface area (Å²) < 4.78 is 0. The lowest BCUT2D eigenvalue weighted by atomic mass is 9.78. The van der Waals surface area contributed by atoms with Crippen molar-refractivity contribution in [3.8, 4) is 0 Å². The first-order valence-electron chi connectivity index (χ1n) is 6.75. The summed E-state index contributed by atoms with van der Waals surface area (Å²) in [5.41, 5.74) is 3.04. The summed E-state index contributed by atoms with van der Waals surface area (Å²) in [4.78, 5) is 0. The molecule has 1 aliphatic carbocycles. The second kappa shape index (κ2) is 7.57. The molecular formula is C13H28N2S. The zero-order valence-electron chi connectivity index (χ0n) is 11.0. The molecule has 0 aromatic carbocycles. The Morgan fingerprint density at radius 2 is 1.88 bits per heavy atom. The molecule has 1 unspecified atom stereocenters.